The summed E-state index contributed by atoms with van der Waals surface area (Å²) in [4.78, 5) is 11.5. The summed E-state index contributed by atoms with van der Waals surface area (Å²) in [6.45, 7) is 1.08. The Morgan fingerprint density at radius 1 is 0.867 bits per heavy atom. The van der Waals surface area contributed by atoms with Crippen LogP contribution in [0.5, 0.6) is 0 Å². The number of anilines is 2. The van der Waals surface area contributed by atoms with Gasteiger partial charge in [0.15, 0.2) is 0 Å². The van der Waals surface area contributed by atoms with Gasteiger partial charge in [-0.1, -0.05) is 55.7 Å². The van der Waals surface area contributed by atoms with E-state index in [4.69, 9.17) is 0 Å². The van der Waals surface area contributed by atoms with Crippen molar-refractivity contribution < 1.29 is 9.49 Å². The van der Waals surface area contributed by atoms with Crippen molar-refractivity contribution in [3.8, 4) is 0 Å². The van der Waals surface area contributed by atoms with E-state index in [0.29, 0.717) is 13.1 Å². The summed E-state index contributed by atoms with van der Waals surface area (Å²) in [6.07, 6.45) is 6.01. The van der Waals surface area contributed by atoms with Crippen molar-refractivity contribution in [2.24, 2.45) is 5.92 Å². The highest BCUT2D eigenvalue weighted by Crippen LogP contribution is 2.65. The highest BCUT2D eigenvalue weighted by atomic mass is 31.2. The Morgan fingerprint density at radius 2 is 1.37 bits per heavy atom. The van der Waals surface area contributed by atoms with Crippen LogP contribution in [0, 0.1) is 16.0 Å². The zero-order valence-electron chi connectivity index (χ0n) is 17.3. The highest BCUT2D eigenvalue weighted by Gasteiger charge is 2.52. The molecular weight excluding hydrogens is 397 g/mol. The van der Waals surface area contributed by atoms with Crippen molar-refractivity contribution in [3.63, 3.8) is 0 Å². The molecule has 2 aliphatic rings. The molecule has 0 amide bonds. The Morgan fingerprint density at radius 3 is 1.83 bits per heavy atom. The Kier molecular flexibility index (Phi) is 6.43. The summed E-state index contributed by atoms with van der Waals surface area (Å²) in [5.41, 5.74) is 1.31. The Balaban J connectivity index is 1.84. The zero-order chi connectivity index (χ0) is 21.0. The molecule has 1 saturated heterocycles. The summed E-state index contributed by atoms with van der Waals surface area (Å²) in [6, 6.07) is 19.6. The number of nitrogens with zero attached hydrogens (tertiary/aromatic N) is 3. The van der Waals surface area contributed by atoms with Crippen molar-refractivity contribution in [1.82, 2.24) is 0 Å². The van der Waals surface area contributed by atoms with E-state index in [1.807, 2.05) is 70.0 Å². The van der Waals surface area contributed by atoms with Crippen LogP contribution < -0.4 is 9.34 Å². The van der Waals surface area contributed by atoms with E-state index in [1.54, 1.807) is 0 Å². The van der Waals surface area contributed by atoms with Gasteiger partial charge in [0.1, 0.15) is 5.66 Å². The lowest BCUT2D eigenvalue weighted by molar-refractivity contribution is -0.480. The van der Waals surface area contributed by atoms with Crippen LogP contribution >= 0.6 is 7.44 Å². The zero-order valence-corrected chi connectivity index (χ0v) is 18.2. The van der Waals surface area contributed by atoms with E-state index in [9.17, 15) is 10.1 Å². The number of rotatable bonds is 6. The molecule has 2 aromatic rings. The molecule has 1 atom stereocenters. The van der Waals surface area contributed by atoms with Crippen LogP contribution in [0.2, 0.25) is 0 Å². The predicted octanol–water partition coefficient (Wildman–Crippen LogP) is 5.82. The number of hydrogen-bond acceptors (Lipinski definition) is 3. The Hall–Kier alpha value is -2.33. The van der Waals surface area contributed by atoms with Crippen LogP contribution in [0.1, 0.15) is 38.5 Å². The number of nitro groups is 1. The first-order chi connectivity index (χ1) is 14.6. The van der Waals surface area contributed by atoms with E-state index in [0.717, 1.165) is 49.9 Å². The van der Waals surface area contributed by atoms with Crippen LogP contribution in [0.15, 0.2) is 60.7 Å². The van der Waals surface area contributed by atoms with Gasteiger partial charge < -0.3 is 9.34 Å². The second kappa shape index (κ2) is 9.22. The Labute approximate surface area is 178 Å². The largest absolute Gasteiger partial charge is 0.306 e. The van der Waals surface area contributed by atoms with Crippen molar-refractivity contribution in [2.45, 2.75) is 44.2 Å². The first kappa shape index (κ1) is 20.9. The average Bonchev–Trinajstić information content (AvgIpc) is 2.79. The first-order valence-corrected chi connectivity index (χ1v) is 12.7. The fourth-order valence-corrected chi connectivity index (χ4v) is 9.09. The van der Waals surface area contributed by atoms with E-state index in [2.05, 4.69) is 0 Å². The molecule has 0 aromatic heterocycles. The molecule has 0 radical (unpaired) electrons. The van der Waals surface area contributed by atoms with Crippen LogP contribution in [-0.2, 0) is 4.57 Å². The summed E-state index contributed by atoms with van der Waals surface area (Å²) < 4.78 is 19.2. The van der Waals surface area contributed by atoms with Gasteiger partial charge in [0.25, 0.3) is 7.44 Å². The first-order valence-electron chi connectivity index (χ1n) is 11.0. The minimum Gasteiger partial charge on any atom is -0.306 e. The van der Waals surface area contributed by atoms with E-state index in [-0.39, 0.29) is 17.4 Å². The third-order valence-electron chi connectivity index (χ3n) is 6.50. The molecule has 4 rings (SSSR count). The molecular formula is C23H30N3O3P. The van der Waals surface area contributed by atoms with E-state index < -0.39 is 13.1 Å². The quantitative estimate of drug-likeness (QED) is 0.330. The SMILES string of the molecule is O=[N+]([O-])CC(C1CCCCC1)P1(=O)N(c2ccccc2)CCCN1c1ccccc1. The van der Waals surface area contributed by atoms with Gasteiger partial charge >= 0.3 is 0 Å². The number of para-hydroxylation sites is 2. The molecule has 2 aromatic carbocycles. The molecule has 6 nitrogen and oxygen atoms in total. The second-order valence-electron chi connectivity index (χ2n) is 8.34. The molecule has 7 heteroatoms. The molecule has 1 aliphatic heterocycles. The maximum atomic E-state index is 15.2. The van der Waals surface area contributed by atoms with Crippen LogP contribution in [0.25, 0.3) is 0 Å². The van der Waals surface area contributed by atoms with Crippen LogP contribution in [-0.4, -0.2) is 30.2 Å². The van der Waals surface area contributed by atoms with Gasteiger partial charge in [-0.3, -0.25) is 14.7 Å². The van der Waals surface area contributed by atoms with Crippen molar-refractivity contribution >= 4 is 18.8 Å². The normalized spacial score (nSPS) is 20.7. The lowest BCUT2D eigenvalue weighted by atomic mass is 9.86. The molecule has 1 unspecified atom stereocenters. The molecule has 2 fully saturated rings. The monoisotopic (exact) mass is 427 g/mol. The molecule has 1 heterocycles. The smallest absolute Gasteiger partial charge is 0.272 e. The standard InChI is InChI=1S/C23H30N3O3P/c27-26(28)19-23(20-11-4-1-5-12-20)30(29)24(21-13-6-2-7-14-21)17-10-18-25(30)22-15-8-3-9-16-22/h2-3,6-9,13-16,20,23H,1,4-5,10-12,17-19H2. The molecule has 1 aliphatic carbocycles. The minimum absolute atomic E-state index is 0.116. The summed E-state index contributed by atoms with van der Waals surface area (Å²) in [5.74, 6) is 0.116. The fraction of sp³-hybridized carbons (Fsp3) is 0.478. The fourth-order valence-electron chi connectivity index (χ4n) is 5.14. The highest BCUT2D eigenvalue weighted by molar-refractivity contribution is 7.68. The van der Waals surface area contributed by atoms with Crippen LogP contribution in [0.4, 0.5) is 11.4 Å². The Bertz CT molecular complexity index is 836. The maximum absolute atomic E-state index is 15.2. The van der Waals surface area contributed by atoms with Crippen LogP contribution in [0.3, 0.4) is 0 Å². The van der Waals surface area contributed by atoms with Gasteiger partial charge in [-0.05, 0) is 49.4 Å². The summed E-state index contributed by atoms with van der Waals surface area (Å²) in [5, 5.41) is 11.8. The topological polar surface area (TPSA) is 66.7 Å². The predicted molar refractivity (Wildman–Crippen MR) is 122 cm³/mol. The van der Waals surface area contributed by atoms with Gasteiger partial charge in [-0.15, -0.1) is 0 Å². The molecule has 0 spiro atoms. The van der Waals surface area contributed by atoms with Gasteiger partial charge in [0, 0.05) is 29.4 Å². The summed E-state index contributed by atoms with van der Waals surface area (Å²) >= 11 is 0. The van der Waals surface area contributed by atoms with Crippen molar-refractivity contribution in [2.75, 3.05) is 29.0 Å². The van der Waals surface area contributed by atoms with Gasteiger partial charge in [-0.25, -0.2) is 0 Å². The number of benzene rings is 2. The maximum Gasteiger partial charge on any atom is 0.272 e. The van der Waals surface area contributed by atoms with E-state index in [1.165, 1.54) is 0 Å². The number of hydrogen-bond donors (Lipinski definition) is 0. The second-order valence-corrected chi connectivity index (χ2v) is 11.1. The molecule has 30 heavy (non-hydrogen) atoms. The van der Waals surface area contributed by atoms with Gasteiger partial charge in [-0.2, -0.15) is 0 Å². The molecule has 0 N–H and O–H groups in total. The van der Waals surface area contributed by atoms with Gasteiger partial charge in [0.2, 0.25) is 6.54 Å². The molecule has 0 bridgehead atoms. The third-order valence-corrected chi connectivity index (χ3v) is 10.2. The third kappa shape index (κ3) is 4.11. The minimum atomic E-state index is -3.29. The summed E-state index contributed by atoms with van der Waals surface area (Å²) in [7, 11) is -3.29. The van der Waals surface area contributed by atoms with Crippen molar-refractivity contribution in [1.29, 1.82) is 0 Å². The molecule has 160 valence electrons. The van der Waals surface area contributed by atoms with Gasteiger partial charge in [0.05, 0.1) is 0 Å². The van der Waals surface area contributed by atoms with E-state index >= 15 is 4.57 Å². The van der Waals surface area contributed by atoms with Crippen molar-refractivity contribution in [3.05, 3.63) is 70.8 Å². The lowest BCUT2D eigenvalue weighted by Crippen LogP contribution is -2.47. The average molecular weight is 427 g/mol. The lowest BCUT2D eigenvalue weighted by Gasteiger charge is -2.50. The molecule has 1 saturated carbocycles.